The van der Waals surface area contributed by atoms with Gasteiger partial charge in [-0.25, -0.2) is 17.5 Å². The highest BCUT2D eigenvalue weighted by molar-refractivity contribution is 7.89. The van der Waals surface area contributed by atoms with Crippen molar-refractivity contribution < 1.29 is 21.7 Å². The number of para-hydroxylation sites is 1. The number of nitrogens with one attached hydrogen (secondary N) is 1. The minimum absolute atomic E-state index is 0.0563. The Kier molecular flexibility index (Phi) is 5.71. The summed E-state index contributed by atoms with van der Waals surface area (Å²) < 4.78 is 51.8. The molecule has 0 unspecified atom stereocenters. The van der Waals surface area contributed by atoms with Crippen molar-refractivity contribution in [1.82, 2.24) is 14.8 Å². The van der Waals surface area contributed by atoms with Crippen LogP contribution in [-0.2, 0) is 10.0 Å². The molecule has 0 atom stereocenters. The Bertz CT molecular complexity index is 1310. The first-order chi connectivity index (χ1) is 15.5. The van der Waals surface area contributed by atoms with E-state index in [2.05, 4.69) is 14.8 Å². The summed E-state index contributed by atoms with van der Waals surface area (Å²) in [5.74, 6) is -0.0458. The van der Waals surface area contributed by atoms with E-state index in [1.54, 1.807) is 18.2 Å². The second kappa shape index (κ2) is 8.65. The maximum atomic E-state index is 13.4. The van der Waals surface area contributed by atoms with Gasteiger partial charge in [-0.2, -0.15) is 0 Å². The standard InChI is InChI=1S/C23H24FN3O4S/c24-18-6-7-19-21(15-18)31-26-23(19)16-8-12-27(13-9-16)11-3-10-25-32(28,29)22-14-17-4-1-2-5-20(17)30-22/h1-2,4-7,14-16,25H,3,8-13H2. The Morgan fingerprint density at radius 2 is 1.91 bits per heavy atom. The average molecular weight is 458 g/mol. The molecule has 1 N–H and O–H groups in total. The molecule has 2 aromatic heterocycles. The minimum Gasteiger partial charge on any atom is -0.443 e. The lowest BCUT2D eigenvalue weighted by atomic mass is 9.91. The first-order valence-corrected chi connectivity index (χ1v) is 12.2. The summed E-state index contributed by atoms with van der Waals surface area (Å²) in [7, 11) is -3.67. The summed E-state index contributed by atoms with van der Waals surface area (Å²) in [5.41, 5.74) is 1.94. The predicted octanol–water partition coefficient (Wildman–Crippen LogP) is 4.26. The Morgan fingerprint density at radius 3 is 2.72 bits per heavy atom. The molecule has 1 aliphatic rings. The third-order valence-corrected chi connectivity index (χ3v) is 7.36. The van der Waals surface area contributed by atoms with Crippen LogP contribution in [0.3, 0.4) is 0 Å². The van der Waals surface area contributed by atoms with Gasteiger partial charge in [0.25, 0.3) is 10.0 Å². The van der Waals surface area contributed by atoms with Crippen molar-refractivity contribution >= 4 is 32.0 Å². The first kappa shape index (κ1) is 21.1. The van der Waals surface area contributed by atoms with Crippen LogP contribution in [0.5, 0.6) is 0 Å². The van der Waals surface area contributed by atoms with Crippen molar-refractivity contribution in [3.8, 4) is 0 Å². The minimum atomic E-state index is -3.67. The summed E-state index contributed by atoms with van der Waals surface area (Å²) >= 11 is 0. The number of piperidine rings is 1. The lowest BCUT2D eigenvalue weighted by Gasteiger charge is -2.31. The van der Waals surface area contributed by atoms with Crippen molar-refractivity contribution in [3.05, 3.63) is 60.0 Å². The highest BCUT2D eigenvalue weighted by Gasteiger charge is 2.25. The van der Waals surface area contributed by atoms with Gasteiger partial charge in [0, 0.05) is 35.4 Å². The van der Waals surface area contributed by atoms with Gasteiger partial charge < -0.3 is 13.8 Å². The average Bonchev–Trinajstić information content (AvgIpc) is 3.42. The maximum absolute atomic E-state index is 13.4. The van der Waals surface area contributed by atoms with Crippen molar-refractivity contribution in [2.45, 2.75) is 30.3 Å². The molecule has 4 aromatic rings. The summed E-state index contributed by atoms with van der Waals surface area (Å²) in [5, 5.41) is 5.77. The van der Waals surface area contributed by atoms with Gasteiger partial charge in [-0.1, -0.05) is 23.4 Å². The molecule has 0 radical (unpaired) electrons. The van der Waals surface area contributed by atoms with Crippen LogP contribution in [0.15, 0.2) is 62.6 Å². The lowest BCUT2D eigenvalue weighted by molar-refractivity contribution is 0.207. The maximum Gasteiger partial charge on any atom is 0.274 e. The zero-order valence-electron chi connectivity index (χ0n) is 17.5. The number of furan rings is 1. The van der Waals surface area contributed by atoms with Gasteiger partial charge in [-0.15, -0.1) is 0 Å². The lowest BCUT2D eigenvalue weighted by Crippen LogP contribution is -2.35. The van der Waals surface area contributed by atoms with E-state index in [-0.39, 0.29) is 16.8 Å². The third kappa shape index (κ3) is 4.28. The molecule has 5 rings (SSSR count). The van der Waals surface area contributed by atoms with Crippen LogP contribution in [0.2, 0.25) is 0 Å². The largest absolute Gasteiger partial charge is 0.443 e. The normalized spacial score (nSPS) is 16.3. The fraction of sp³-hybridized carbons (Fsp3) is 0.348. The zero-order valence-corrected chi connectivity index (χ0v) is 18.3. The van der Waals surface area contributed by atoms with Gasteiger partial charge in [-0.3, -0.25) is 0 Å². The summed E-state index contributed by atoms with van der Waals surface area (Å²) in [6, 6.07) is 13.3. The highest BCUT2D eigenvalue weighted by Crippen LogP contribution is 2.32. The molecule has 1 aliphatic heterocycles. The second-order valence-electron chi connectivity index (χ2n) is 8.18. The molecular formula is C23H24FN3O4S. The Labute approximate surface area is 185 Å². The van der Waals surface area contributed by atoms with Crippen LogP contribution in [0.25, 0.3) is 21.9 Å². The quantitative estimate of drug-likeness (QED) is 0.417. The molecule has 1 fully saturated rings. The van der Waals surface area contributed by atoms with Crippen molar-refractivity contribution in [1.29, 1.82) is 0 Å². The zero-order chi connectivity index (χ0) is 22.1. The summed E-state index contributed by atoms with van der Waals surface area (Å²) in [4.78, 5) is 2.33. The highest BCUT2D eigenvalue weighted by atomic mass is 32.2. The number of sulfonamides is 1. The second-order valence-corrected chi connectivity index (χ2v) is 9.88. The molecule has 0 saturated carbocycles. The summed E-state index contributed by atoms with van der Waals surface area (Å²) in [6.07, 6.45) is 2.57. The molecule has 0 amide bonds. The van der Waals surface area contributed by atoms with E-state index >= 15 is 0 Å². The molecule has 0 aliphatic carbocycles. The number of likely N-dealkylation sites (tertiary alicyclic amines) is 1. The van der Waals surface area contributed by atoms with Gasteiger partial charge in [0.05, 0.1) is 5.69 Å². The molecular weight excluding hydrogens is 433 g/mol. The number of rotatable bonds is 7. The van der Waals surface area contributed by atoms with Gasteiger partial charge in [0.2, 0.25) is 5.09 Å². The predicted molar refractivity (Wildman–Crippen MR) is 118 cm³/mol. The SMILES string of the molecule is O=S(=O)(NCCCN1CCC(c2noc3cc(F)ccc23)CC1)c1cc2ccccc2o1. The third-order valence-electron chi connectivity index (χ3n) is 6.05. The van der Waals surface area contributed by atoms with E-state index in [0.29, 0.717) is 24.1 Å². The first-order valence-electron chi connectivity index (χ1n) is 10.7. The number of nitrogens with zero attached hydrogens (tertiary/aromatic N) is 2. The fourth-order valence-electron chi connectivity index (χ4n) is 4.33. The molecule has 3 heterocycles. The Morgan fingerprint density at radius 1 is 1.09 bits per heavy atom. The van der Waals surface area contributed by atoms with Gasteiger partial charge in [-0.05, 0) is 57.1 Å². The smallest absolute Gasteiger partial charge is 0.274 e. The molecule has 0 spiro atoms. The molecule has 9 heteroatoms. The van der Waals surface area contributed by atoms with Gasteiger partial charge in [0.15, 0.2) is 5.58 Å². The fourth-order valence-corrected chi connectivity index (χ4v) is 5.36. The van der Waals surface area contributed by atoms with E-state index in [1.807, 2.05) is 18.2 Å². The molecule has 7 nitrogen and oxygen atoms in total. The molecule has 1 saturated heterocycles. The number of hydrogen-bond donors (Lipinski definition) is 1. The van der Waals surface area contributed by atoms with Crippen molar-refractivity contribution in [2.75, 3.05) is 26.2 Å². The number of fused-ring (bicyclic) bond motifs is 2. The van der Waals surface area contributed by atoms with E-state index in [0.717, 1.165) is 48.9 Å². The van der Waals surface area contributed by atoms with E-state index in [9.17, 15) is 12.8 Å². The Hall–Kier alpha value is -2.75. The monoisotopic (exact) mass is 457 g/mol. The number of benzene rings is 2. The molecule has 168 valence electrons. The van der Waals surface area contributed by atoms with E-state index in [1.165, 1.54) is 12.1 Å². The topological polar surface area (TPSA) is 88.6 Å². The van der Waals surface area contributed by atoms with Crippen LogP contribution >= 0.6 is 0 Å². The van der Waals surface area contributed by atoms with Crippen molar-refractivity contribution in [3.63, 3.8) is 0 Å². The molecule has 0 bridgehead atoms. The van der Waals surface area contributed by atoms with Crippen LogP contribution in [0, 0.1) is 5.82 Å². The van der Waals surface area contributed by atoms with E-state index < -0.39 is 10.0 Å². The molecule has 32 heavy (non-hydrogen) atoms. The molecule has 2 aromatic carbocycles. The van der Waals surface area contributed by atoms with Gasteiger partial charge >= 0.3 is 0 Å². The Balaban J connectivity index is 1.10. The van der Waals surface area contributed by atoms with Crippen LogP contribution < -0.4 is 4.72 Å². The van der Waals surface area contributed by atoms with Crippen LogP contribution in [0.4, 0.5) is 4.39 Å². The number of aromatic nitrogens is 1. The van der Waals surface area contributed by atoms with Crippen molar-refractivity contribution in [2.24, 2.45) is 0 Å². The van der Waals surface area contributed by atoms with Crippen LogP contribution in [0.1, 0.15) is 30.9 Å². The summed E-state index contributed by atoms with van der Waals surface area (Å²) in [6.45, 7) is 2.95. The van der Waals surface area contributed by atoms with Crippen LogP contribution in [-0.4, -0.2) is 44.7 Å². The van der Waals surface area contributed by atoms with E-state index in [4.69, 9.17) is 8.94 Å². The number of hydrogen-bond acceptors (Lipinski definition) is 6. The number of halogens is 1. The van der Waals surface area contributed by atoms with Gasteiger partial charge in [0.1, 0.15) is 11.4 Å².